The van der Waals surface area contributed by atoms with Gasteiger partial charge in [0, 0.05) is 36.1 Å². The third-order valence-electron chi connectivity index (χ3n) is 2.76. The van der Waals surface area contributed by atoms with Gasteiger partial charge in [-0.05, 0) is 12.8 Å². The van der Waals surface area contributed by atoms with Gasteiger partial charge in [0.2, 0.25) is 0 Å². The third-order valence-corrected chi connectivity index (χ3v) is 3.77. The highest BCUT2D eigenvalue weighted by molar-refractivity contribution is 7.09. The van der Waals surface area contributed by atoms with Crippen molar-refractivity contribution >= 4 is 11.3 Å². The SMILES string of the molecule is CC(CNC1CC(N)C1)c1nccs1. The Kier molecular flexibility index (Phi) is 3.15. The van der Waals surface area contributed by atoms with Crippen molar-refractivity contribution in [3.63, 3.8) is 0 Å². The summed E-state index contributed by atoms with van der Waals surface area (Å²) in [6.45, 7) is 3.23. The fraction of sp³-hybridized carbons (Fsp3) is 0.700. The van der Waals surface area contributed by atoms with Crippen LogP contribution in [0.1, 0.15) is 30.7 Å². The summed E-state index contributed by atoms with van der Waals surface area (Å²) in [5.74, 6) is 0.520. The Labute approximate surface area is 88.7 Å². The topological polar surface area (TPSA) is 50.9 Å². The lowest BCUT2D eigenvalue weighted by Crippen LogP contribution is -2.49. The van der Waals surface area contributed by atoms with Crippen molar-refractivity contribution in [1.82, 2.24) is 10.3 Å². The zero-order valence-electron chi connectivity index (χ0n) is 8.44. The van der Waals surface area contributed by atoms with Crippen molar-refractivity contribution in [2.45, 2.75) is 37.8 Å². The van der Waals surface area contributed by atoms with E-state index in [1.54, 1.807) is 11.3 Å². The summed E-state index contributed by atoms with van der Waals surface area (Å²) in [4.78, 5) is 4.31. The van der Waals surface area contributed by atoms with Gasteiger partial charge < -0.3 is 11.1 Å². The van der Waals surface area contributed by atoms with E-state index in [4.69, 9.17) is 5.73 Å². The van der Waals surface area contributed by atoms with E-state index in [-0.39, 0.29) is 0 Å². The lowest BCUT2D eigenvalue weighted by molar-refractivity contribution is 0.289. The van der Waals surface area contributed by atoms with Gasteiger partial charge in [0.1, 0.15) is 0 Å². The summed E-state index contributed by atoms with van der Waals surface area (Å²) in [5, 5.41) is 6.78. The van der Waals surface area contributed by atoms with Crippen LogP contribution >= 0.6 is 11.3 Å². The Morgan fingerprint density at radius 3 is 3.07 bits per heavy atom. The van der Waals surface area contributed by atoms with E-state index in [1.165, 1.54) is 5.01 Å². The Morgan fingerprint density at radius 1 is 1.71 bits per heavy atom. The predicted molar refractivity (Wildman–Crippen MR) is 59.5 cm³/mol. The fourth-order valence-electron chi connectivity index (χ4n) is 1.74. The second kappa shape index (κ2) is 4.38. The number of rotatable bonds is 4. The molecule has 1 heterocycles. The molecule has 0 radical (unpaired) electrons. The Bertz CT molecular complexity index is 267. The minimum atomic E-state index is 0.433. The Morgan fingerprint density at radius 2 is 2.50 bits per heavy atom. The minimum absolute atomic E-state index is 0.433. The van der Waals surface area contributed by atoms with E-state index in [9.17, 15) is 0 Å². The Balaban J connectivity index is 1.71. The van der Waals surface area contributed by atoms with Gasteiger partial charge in [0.15, 0.2) is 0 Å². The van der Waals surface area contributed by atoms with E-state index in [0.717, 1.165) is 19.4 Å². The molecule has 14 heavy (non-hydrogen) atoms. The first-order valence-electron chi connectivity index (χ1n) is 5.14. The fourth-order valence-corrected chi connectivity index (χ4v) is 2.44. The van der Waals surface area contributed by atoms with Crippen LogP contribution in [0.3, 0.4) is 0 Å². The van der Waals surface area contributed by atoms with Gasteiger partial charge in [-0.1, -0.05) is 6.92 Å². The highest BCUT2D eigenvalue weighted by Crippen LogP contribution is 2.20. The van der Waals surface area contributed by atoms with Gasteiger partial charge in [-0.3, -0.25) is 0 Å². The van der Waals surface area contributed by atoms with E-state index in [2.05, 4.69) is 17.2 Å². The first kappa shape index (κ1) is 10.1. The quantitative estimate of drug-likeness (QED) is 0.790. The highest BCUT2D eigenvalue weighted by atomic mass is 32.1. The van der Waals surface area contributed by atoms with E-state index in [0.29, 0.717) is 18.0 Å². The normalized spacial score (nSPS) is 28.4. The van der Waals surface area contributed by atoms with Crippen LogP contribution in [0.15, 0.2) is 11.6 Å². The molecule has 0 aromatic carbocycles. The molecule has 1 aromatic rings. The summed E-state index contributed by atoms with van der Waals surface area (Å²) in [7, 11) is 0. The average molecular weight is 211 g/mol. The number of aromatic nitrogens is 1. The van der Waals surface area contributed by atoms with E-state index in [1.807, 2.05) is 11.6 Å². The maximum Gasteiger partial charge on any atom is 0.0965 e. The molecule has 1 unspecified atom stereocenters. The molecular weight excluding hydrogens is 194 g/mol. The van der Waals surface area contributed by atoms with Gasteiger partial charge in [-0.15, -0.1) is 11.3 Å². The second-order valence-electron chi connectivity index (χ2n) is 4.11. The monoisotopic (exact) mass is 211 g/mol. The molecule has 1 aromatic heterocycles. The number of nitrogens with one attached hydrogen (secondary N) is 1. The number of nitrogens with two attached hydrogens (primary N) is 1. The third kappa shape index (κ3) is 2.32. The molecule has 0 saturated heterocycles. The van der Waals surface area contributed by atoms with Crippen LogP contribution in [0.5, 0.6) is 0 Å². The molecular formula is C10H17N3S. The zero-order valence-corrected chi connectivity index (χ0v) is 9.26. The molecule has 2 rings (SSSR count). The maximum atomic E-state index is 5.72. The summed E-state index contributed by atoms with van der Waals surface area (Å²) in [6, 6.07) is 1.08. The number of hydrogen-bond donors (Lipinski definition) is 2. The number of nitrogens with zero attached hydrogens (tertiary/aromatic N) is 1. The molecule has 1 fully saturated rings. The minimum Gasteiger partial charge on any atom is -0.328 e. The molecule has 1 atom stereocenters. The van der Waals surface area contributed by atoms with Crippen LogP contribution < -0.4 is 11.1 Å². The van der Waals surface area contributed by atoms with Crippen molar-refractivity contribution in [3.05, 3.63) is 16.6 Å². The van der Waals surface area contributed by atoms with Crippen molar-refractivity contribution in [1.29, 1.82) is 0 Å². The first-order valence-corrected chi connectivity index (χ1v) is 6.02. The van der Waals surface area contributed by atoms with Crippen LogP contribution in [0.25, 0.3) is 0 Å². The van der Waals surface area contributed by atoms with Gasteiger partial charge in [-0.25, -0.2) is 4.98 Å². The summed E-state index contributed by atoms with van der Waals surface area (Å²) in [6.07, 6.45) is 4.13. The van der Waals surface area contributed by atoms with Gasteiger partial charge in [-0.2, -0.15) is 0 Å². The van der Waals surface area contributed by atoms with Gasteiger partial charge >= 0.3 is 0 Å². The summed E-state index contributed by atoms with van der Waals surface area (Å²) < 4.78 is 0. The molecule has 3 N–H and O–H groups in total. The van der Waals surface area contributed by atoms with Crippen molar-refractivity contribution in [2.24, 2.45) is 5.73 Å². The Hall–Kier alpha value is -0.450. The number of thiazole rings is 1. The largest absolute Gasteiger partial charge is 0.328 e. The summed E-state index contributed by atoms with van der Waals surface area (Å²) in [5.41, 5.74) is 5.72. The van der Waals surface area contributed by atoms with Gasteiger partial charge in [0.05, 0.1) is 5.01 Å². The van der Waals surface area contributed by atoms with Crippen molar-refractivity contribution in [2.75, 3.05) is 6.54 Å². The van der Waals surface area contributed by atoms with Crippen LogP contribution in [0, 0.1) is 0 Å². The smallest absolute Gasteiger partial charge is 0.0965 e. The maximum absolute atomic E-state index is 5.72. The molecule has 1 aliphatic carbocycles. The van der Waals surface area contributed by atoms with Gasteiger partial charge in [0.25, 0.3) is 0 Å². The van der Waals surface area contributed by atoms with Crippen LogP contribution in [-0.2, 0) is 0 Å². The molecule has 1 saturated carbocycles. The van der Waals surface area contributed by atoms with E-state index >= 15 is 0 Å². The molecule has 0 bridgehead atoms. The van der Waals surface area contributed by atoms with Crippen LogP contribution in [-0.4, -0.2) is 23.6 Å². The van der Waals surface area contributed by atoms with Crippen LogP contribution in [0.2, 0.25) is 0 Å². The molecule has 4 heteroatoms. The standard InChI is InChI=1S/C10H17N3S/c1-7(10-12-2-3-14-10)6-13-9-4-8(11)5-9/h2-3,7-9,13H,4-6,11H2,1H3. The molecule has 0 aliphatic heterocycles. The molecule has 78 valence electrons. The second-order valence-corrected chi connectivity index (χ2v) is 5.03. The zero-order chi connectivity index (χ0) is 9.97. The lowest BCUT2D eigenvalue weighted by atomic mass is 9.87. The molecule has 0 amide bonds. The van der Waals surface area contributed by atoms with Crippen LogP contribution in [0.4, 0.5) is 0 Å². The molecule has 0 spiro atoms. The summed E-state index contributed by atoms with van der Waals surface area (Å²) >= 11 is 1.73. The molecule has 1 aliphatic rings. The lowest BCUT2D eigenvalue weighted by Gasteiger charge is -2.33. The van der Waals surface area contributed by atoms with Crippen molar-refractivity contribution < 1.29 is 0 Å². The highest BCUT2D eigenvalue weighted by Gasteiger charge is 2.25. The predicted octanol–water partition coefficient (Wildman–Crippen LogP) is 1.33. The van der Waals surface area contributed by atoms with E-state index < -0.39 is 0 Å². The first-order chi connectivity index (χ1) is 6.75. The number of hydrogen-bond acceptors (Lipinski definition) is 4. The van der Waals surface area contributed by atoms with Crippen molar-refractivity contribution in [3.8, 4) is 0 Å². The average Bonchev–Trinajstić information content (AvgIpc) is 2.62. The molecule has 3 nitrogen and oxygen atoms in total.